The minimum absolute atomic E-state index is 0. The molecular weight excluding hydrogens is 114 g/mol. The van der Waals surface area contributed by atoms with Crippen LogP contribution in [0, 0.1) is 0 Å². The molecule has 0 spiro atoms. The molecule has 0 aliphatic carbocycles. The van der Waals surface area contributed by atoms with E-state index in [1.807, 2.05) is 0 Å². The molecule has 0 nitrogen and oxygen atoms in total. The van der Waals surface area contributed by atoms with Crippen molar-refractivity contribution in [1.29, 1.82) is 0 Å². The maximum absolute atomic E-state index is 2.30. The Morgan fingerprint density at radius 1 is 1.17 bits per heavy atom. The summed E-state index contributed by atoms with van der Waals surface area (Å²) in [6, 6.07) is 0. The topological polar surface area (TPSA) is 0 Å². The molecule has 0 unspecified atom stereocenters. The molecule has 0 saturated carbocycles. The molecule has 0 atom stereocenters. The fourth-order valence-corrected chi connectivity index (χ4v) is 1.50. The summed E-state index contributed by atoms with van der Waals surface area (Å²) in [5.74, 6) is 0. The second-order valence-electron chi connectivity index (χ2n) is 1.91. The van der Waals surface area contributed by atoms with Gasteiger partial charge in [0.25, 0.3) is 0 Å². The van der Waals surface area contributed by atoms with E-state index in [1.165, 1.54) is 10.6 Å². The molecule has 0 radical (unpaired) electrons. The minimum atomic E-state index is 0. The Balaban J connectivity index is 0. The smallest absolute Gasteiger partial charge is 0.201 e. The first-order chi connectivity index (χ1) is 2.41. The molecule has 0 bridgehead atoms. The zero-order chi connectivity index (χ0) is 4.12. The quantitative estimate of drug-likeness (QED) is 0.377. The van der Waals surface area contributed by atoms with E-state index in [0.717, 1.165) is 0 Å². The summed E-state index contributed by atoms with van der Waals surface area (Å²) in [6.45, 7) is 4.60. The Bertz CT molecular complexity index is 15.0. The fourth-order valence-electron chi connectivity index (χ4n) is 0.500. The molecule has 0 aliphatic heterocycles. The standard InChI is InChI=1S/2C2H5.Al.K.2H/c2*1-2;;;;/h2*1H2,2H3;;;;/q;;-1;+1;;. The molecule has 2 heteroatoms. The van der Waals surface area contributed by atoms with Crippen molar-refractivity contribution < 1.29 is 51.4 Å². The normalized spacial score (nSPS) is 7.00. The second kappa shape index (κ2) is 10.2. The molecule has 32 valence electrons. The van der Waals surface area contributed by atoms with Gasteiger partial charge in [-0.05, 0) is 0 Å². The van der Waals surface area contributed by atoms with Crippen LogP contribution in [0.2, 0.25) is 10.6 Å². The van der Waals surface area contributed by atoms with Crippen LogP contribution in [-0.4, -0.2) is 15.2 Å². The molecular formula is C4H12AlK. The largest absolute Gasteiger partial charge is 1.00 e. The zero-order valence-corrected chi connectivity index (χ0v) is 10.5. The average molecular weight is 126 g/mol. The molecule has 0 rings (SSSR count). The predicted octanol–water partition coefficient (Wildman–Crippen LogP) is -1.96. The number of rotatable bonds is 2. The van der Waals surface area contributed by atoms with E-state index in [-0.39, 0.29) is 66.6 Å². The van der Waals surface area contributed by atoms with Gasteiger partial charge in [0.05, 0.1) is 15.2 Å². The van der Waals surface area contributed by atoms with E-state index in [1.54, 1.807) is 0 Å². The molecule has 0 aromatic carbocycles. The van der Waals surface area contributed by atoms with Crippen LogP contribution in [0.15, 0.2) is 0 Å². The average Bonchev–Trinajstić information content (AvgIpc) is 1.41. The van der Waals surface area contributed by atoms with Gasteiger partial charge in [-0.2, -0.15) is 0 Å². The van der Waals surface area contributed by atoms with E-state index in [0.29, 0.717) is 0 Å². The van der Waals surface area contributed by atoms with Crippen molar-refractivity contribution in [3.63, 3.8) is 0 Å². The minimum Gasteiger partial charge on any atom is -0.201 e. The zero-order valence-electron chi connectivity index (χ0n) is 5.41. The van der Waals surface area contributed by atoms with Crippen LogP contribution in [0.5, 0.6) is 0 Å². The molecule has 0 amide bonds. The molecule has 0 fully saturated rings. The van der Waals surface area contributed by atoms with Crippen molar-refractivity contribution >= 4 is 15.2 Å². The summed E-state index contributed by atoms with van der Waals surface area (Å²) in [4.78, 5) is 0. The van der Waals surface area contributed by atoms with Gasteiger partial charge in [0, 0.05) is 0 Å². The van der Waals surface area contributed by atoms with E-state index < -0.39 is 0 Å². The van der Waals surface area contributed by atoms with Gasteiger partial charge in [-0.25, -0.2) is 10.6 Å². The number of hydrogen-bond donors (Lipinski definition) is 0. The Kier molecular flexibility index (Phi) is 18.8. The van der Waals surface area contributed by atoms with Crippen molar-refractivity contribution in [1.82, 2.24) is 0 Å². The van der Waals surface area contributed by atoms with Gasteiger partial charge in [-0.15, -0.1) is 13.8 Å². The van der Waals surface area contributed by atoms with Crippen molar-refractivity contribution in [2.75, 3.05) is 0 Å². The van der Waals surface area contributed by atoms with Crippen LogP contribution in [0.3, 0.4) is 0 Å². The summed E-state index contributed by atoms with van der Waals surface area (Å²) in [7, 11) is 0. The van der Waals surface area contributed by atoms with Crippen LogP contribution in [0.25, 0.3) is 0 Å². The Morgan fingerprint density at radius 3 is 1.50 bits per heavy atom. The summed E-state index contributed by atoms with van der Waals surface area (Å²) < 4.78 is 0. The summed E-state index contributed by atoms with van der Waals surface area (Å²) in [5, 5.41) is 3.08. The van der Waals surface area contributed by atoms with Crippen LogP contribution in [-0.2, 0) is 0 Å². The Hall–Kier alpha value is 2.17. The third kappa shape index (κ3) is 9.48. The predicted molar refractivity (Wildman–Crippen MR) is 29.5 cm³/mol. The van der Waals surface area contributed by atoms with E-state index in [9.17, 15) is 0 Å². The third-order valence-electron chi connectivity index (χ3n) is 1.000. The maximum Gasteiger partial charge on any atom is 1.00 e. The van der Waals surface area contributed by atoms with Crippen molar-refractivity contribution in [3.05, 3.63) is 0 Å². The fraction of sp³-hybridized carbons (Fsp3) is 1.00. The molecule has 0 N–H and O–H groups in total. The molecule has 6 heavy (non-hydrogen) atoms. The molecule has 0 heterocycles. The van der Waals surface area contributed by atoms with Crippen LogP contribution in [0.1, 0.15) is 13.8 Å². The van der Waals surface area contributed by atoms with Gasteiger partial charge >= 0.3 is 51.4 Å². The first-order valence-electron chi connectivity index (χ1n) is 2.83. The Labute approximate surface area is 89.2 Å². The molecule has 0 aromatic rings. The first-order valence-corrected chi connectivity index (χ1v) is 5.66. The molecule has 0 saturated heterocycles. The summed E-state index contributed by atoms with van der Waals surface area (Å²) in [5.41, 5.74) is 0. The van der Waals surface area contributed by atoms with Gasteiger partial charge in [0.1, 0.15) is 0 Å². The van der Waals surface area contributed by atoms with E-state index in [2.05, 4.69) is 13.8 Å². The van der Waals surface area contributed by atoms with Gasteiger partial charge in [0.2, 0.25) is 0 Å². The molecule has 0 aromatic heterocycles. The van der Waals surface area contributed by atoms with E-state index in [4.69, 9.17) is 0 Å². The Morgan fingerprint density at radius 2 is 1.50 bits per heavy atom. The summed E-state index contributed by atoms with van der Waals surface area (Å²) >= 11 is 0.0494. The van der Waals surface area contributed by atoms with Gasteiger partial charge < -0.3 is 0 Å². The van der Waals surface area contributed by atoms with Crippen LogP contribution in [0.4, 0.5) is 0 Å². The first kappa shape index (κ1) is 11.0. The van der Waals surface area contributed by atoms with Crippen LogP contribution >= 0.6 is 0 Å². The number of hydrogen-bond acceptors (Lipinski definition) is 0. The summed E-state index contributed by atoms with van der Waals surface area (Å²) in [6.07, 6.45) is 0. The van der Waals surface area contributed by atoms with Crippen molar-refractivity contribution in [2.24, 2.45) is 0 Å². The van der Waals surface area contributed by atoms with Crippen LogP contribution < -0.4 is 51.4 Å². The van der Waals surface area contributed by atoms with Crippen molar-refractivity contribution in [2.45, 2.75) is 24.4 Å². The van der Waals surface area contributed by atoms with Crippen molar-refractivity contribution in [3.8, 4) is 0 Å². The van der Waals surface area contributed by atoms with E-state index >= 15 is 0 Å². The van der Waals surface area contributed by atoms with Gasteiger partial charge in [-0.1, -0.05) is 0 Å². The SMILES string of the molecule is C[CH2][AlH2-][CH2]C.[K+]. The maximum atomic E-state index is 2.30. The van der Waals surface area contributed by atoms with Gasteiger partial charge in [-0.3, -0.25) is 0 Å². The monoisotopic (exact) mass is 126 g/mol. The van der Waals surface area contributed by atoms with Gasteiger partial charge in [0.15, 0.2) is 0 Å². The third-order valence-corrected chi connectivity index (χ3v) is 3.00. The molecule has 0 aliphatic rings. The second-order valence-corrected chi connectivity index (χ2v) is 5.74.